The normalized spacial score (nSPS) is 23.4. The SMILES string of the molecule is COC(=O)C1=NN(C)[C@@H](C(=O)OC)[C@H](C(=O)OC)[C@H]1C(=O)OC. The Morgan fingerprint density at radius 3 is 1.83 bits per heavy atom. The number of hydrazone groups is 1. The van der Waals surface area contributed by atoms with Crippen molar-refractivity contribution in [3.8, 4) is 0 Å². The summed E-state index contributed by atoms with van der Waals surface area (Å²) in [7, 11) is 5.75. The highest BCUT2D eigenvalue weighted by Gasteiger charge is 2.54. The van der Waals surface area contributed by atoms with Crippen LogP contribution in [0, 0.1) is 11.8 Å². The molecule has 0 aromatic rings. The van der Waals surface area contributed by atoms with Gasteiger partial charge in [0.15, 0.2) is 11.8 Å². The molecule has 0 aliphatic carbocycles. The van der Waals surface area contributed by atoms with Crippen molar-refractivity contribution in [2.24, 2.45) is 16.9 Å². The fourth-order valence-electron chi connectivity index (χ4n) is 2.36. The standard InChI is InChI=1S/C13H18N2O8/c1-15-9(13(19)23-5)7(11(17)21-3)6(10(16)20-2)8(14-15)12(18)22-4/h6-7,9H,1-5H3/t6-,7-,9-/m1/s1. The number of carbonyl (C=O) groups is 4. The Bertz CT molecular complexity index is 544. The van der Waals surface area contributed by atoms with Crippen LogP contribution in [0.15, 0.2) is 5.10 Å². The van der Waals surface area contributed by atoms with Crippen LogP contribution in [0.2, 0.25) is 0 Å². The minimum Gasteiger partial charge on any atom is -0.469 e. The zero-order valence-corrected chi connectivity index (χ0v) is 13.4. The van der Waals surface area contributed by atoms with Gasteiger partial charge in [0, 0.05) is 7.05 Å². The number of ether oxygens (including phenoxy) is 4. The van der Waals surface area contributed by atoms with Gasteiger partial charge in [-0.2, -0.15) is 5.10 Å². The Morgan fingerprint density at radius 1 is 0.870 bits per heavy atom. The van der Waals surface area contributed by atoms with E-state index in [2.05, 4.69) is 24.0 Å². The number of hydrogen-bond acceptors (Lipinski definition) is 10. The summed E-state index contributed by atoms with van der Waals surface area (Å²) >= 11 is 0. The minimum atomic E-state index is -1.46. The largest absolute Gasteiger partial charge is 0.469 e. The summed E-state index contributed by atoms with van der Waals surface area (Å²) in [5.41, 5.74) is -0.364. The lowest BCUT2D eigenvalue weighted by Crippen LogP contribution is -2.57. The molecule has 0 aromatic heterocycles. The van der Waals surface area contributed by atoms with Gasteiger partial charge in [-0.05, 0) is 0 Å². The van der Waals surface area contributed by atoms with Crippen molar-refractivity contribution in [3.63, 3.8) is 0 Å². The van der Waals surface area contributed by atoms with E-state index in [1.165, 1.54) is 7.05 Å². The third-order valence-electron chi connectivity index (χ3n) is 3.43. The van der Waals surface area contributed by atoms with Crippen LogP contribution in [-0.2, 0) is 38.1 Å². The van der Waals surface area contributed by atoms with E-state index in [1.54, 1.807) is 0 Å². The first kappa shape index (κ1) is 18.4. The number of methoxy groups -OCH3 is 4. The van der Waals surface area contributed by atoms with E-state index in [4.69, 9.17) is 0 Å². The third kappa shape index (κ3) is 3.41. The van der Waals surface area contributed by atoms with Crippen LogP contribution in [0.25, 0.3) is 0 Å². The molecular weight excluding hydrogens is 312 g/mol. The Kier molecular flexibility index (Phi) is 6.05. The topological polar surface area (TPSA) is 121 Å². The number of esters is 4. The van der Waals surface area contributed by atoms with E-state index in [0.29, 0.717) is 0 Å². The monoisotopic (exact) mass is 330 g/mol. The Hall–Kier alpha value is -2.65. The van der Waals surface area contributed by atoms with Gasteiger partial charge in [-0.1, -0.05) is 0 Å². The molecule has 3 atom stereocenters. The molecule has 0 unspecified atom stereocenters. The van der Waals surface area contributed by atoms with Gasteiger partial charge < -0.3 is 18.9 Å². The van der Waals surface area contributed by atoms with E-state index in [9.17, 15) is 19.2 Å². The lowest BCUT2D eigenvalue weighted by molar-refractivity contribution is -0.166. The van der Waals surface area contributed by atoms with Gasteiger partial charge in [-0.3, -0.25) is 14.6 Å². The molecule has 0 spiro atoms. The predicted octanol–water partition coefficient (Wildman–Crippen LogP) is -1.42. The first-order valence-electron chi connectivity index (χ1n) is 6.47. The summed E-state index contributed by atoms with van der Waals surface area (Å²) in [6, 6.07) is -1.26. The summed E-state index contributed by atoms with van der Waals surface area (Å²) in [4.78, 5) is 48.2. The van der Waals surface area contributed by atoms with Crippen molar-refractivity contribution >= 4 is 29.6 Å². The van der Waals surface area contributed by atoms with E-state index in [0.717, 1.165) is 33.4 Å². The zero-order chi connectivity index (χ0) is 17.7. The Labute approximate surface area is 132 Å². The van der Waals surface area contributed by atoms with E-state index >= 15 is 0 Å². The van der Waals surface area contributed by atoms with Gasteiger partial charge in [0.1, 0.15) is 11.8 Å². The number of hydrogen-bond donors (Lipinski definition) is 0. The highest BCUT2D eigenvalue weighted by Crippen LogP contribution is 2.30. The van der Waals surface area contributed by atoms with Crippen LogP contribution in [0.4, 0.5) is 0 Å². The van der Waals surface area contributed by atoms with Gasteiger partial charge in [0.25, 0.3) is 0 Å². The predicted molar refractivity (Wildman–Crippen MR) is 74.0 cm³/mol. The van der Waals surface area contributed by atoms with Crippen LogP contribution in [0.1, 0.15) is 0 Å². The minimum absolute atomic E-state index is 0.364. The van der Waals surface area contributed by atoms with Crippen molar-refractivity contribution in [3.05, 3.63) is 0 Å². The molecule has 0 amide bonds. The van der Waals surface area contributed by atoms with Gasteiger partial charge in [0.2, 0.25) is 0 Å². The molecule has 1 rings (SSSR count). The van der Waals surface area contributed by atoms with E-state index < -0.39 is 41.8 Å². The summed E-state index contributed by atoms with van der Waals surface area (Å²) in [5, 5.41) is 4.94. The molecule has 128 valence electrons. The van der Waals surface area contributed by atoms with Gasteiger partial charge in [-0.15, -0.1) is 0 Å². The van der Waals surface area contributed by atoms with E-state index in [-0.39, 0.29) is 5.71 Å². The van der Waals surface area contributed by atoms with Gasteiger partial charge in [-0.25, -0.2) is 9.59 Å². The molecule has 1 heterocycles. The molecule has 0 fully saturated rings. The molecular formula is C13H18N2O8. The molecule has 0 saturated heterocycles. The number of likely N-dealkylation sites (N-methyl/N-ethyl adjacent to an activating group) is 1. The zero-order valence-electron chi connectivity index (χ0n) is 13.4. The molecule has 1 aliphatic heterocycles. The highest BCUT2D eigenvalue weighted by atomic mass is 16.5. The van der Waals surface area contributed by atoms with Crippen molar-refractivity contribution < 1.29 is 38.1 Å². The summed E-state index contributed by atoms with van der Waals surface area (Å²) in [6.07, 6.45) is 0. The highest BCUT2D eigenvalue weighted by molar-refractivity contribution is 6.41. The van der Waals surface area contributed by atoms with Crippen molar-refractivity contribution in [1.82, 2.24) is 5.01 Å². The number of nitrogens with zero attached hydrogens (tertiary/aromatic N) is 2. The molecule has 23 heavy (non-hydrogen) atoms. The van der Waals surface area contributed by atoms with Crippen molar-refractivity contribution in [2.75, 3.05) is 35.5 Å². The lowest BCUT2D eigenvalue weighted by atomic mass is 9.80. The Morgan fingerprint density at radius 2 is 1.39 bits per heavy atom. The van der Waals surface area contributed by atoms with Gasteiger partial charge in [0.05, 0.1) is 28.4 Å². The fraction of sp³-hybridized carbons (Fsp3) is 0.615. The van der Waals surface area contributed by atoms with Crippen LogP contribution in [0.3, 0.4) is 0 Å². The second-order valence-electron chi connectivity index (χ2n) is 4.57. The summed E-state index contributed by atoms with van der Waals surface area (Å²) in [6.45, 7) is 0. The van der Waals surface area contributed by atoms with Crippen LogP contribution in [0.5, 0.6) is 0 Å². The maximum atomic E-state index is 12.2. The van der Waals surface area contributed by atoms with Gasteiger partial charge >= 0.3 is 23.9 Å². The summed E-state index contributed by atoms with van der Waals surface area (Å²) in [5.74, 6) is -6.39. The molecule has 10 heteroatoms. The van der Waals surface area contributed by atoms with Crippen LogP contribution in [-0.4, -0.2) is 76.1 Å². The lowest BCUT2D eigenvalue weighted by Gasteiger charge is -2.37. The maximum Gasteiger partial charge on any atom is 0.355 e. The van der Waals surface area contributed by atoms with E-state index in [1.807, 2.05) is 0 Å². The molecule has 1 aliphatic rings. The van der Waals surface area contributed by atoms with Crippen molar-refractivity contribution in [1.29, 1.82) is 0 Å². The number of rotatable bonds is 4. The molecule has 0 saturated carbocycles. The summed E-state index contributed by atoms with van der Waals surface area (Å²) < 4.78 is 18.5. The van der Waals surface area contributed by atoms with Crippen molar-refractivity contribution in [2.45, 2.75) is 6.04 Å². The Balaban J connectivity index is 3.52. The molecule has 10 nitrogen and oxygen atoms in total. The second kappa shape index (κ2) is 7.56. The molecule has 0 aromatic carbocycles. The fourth-order valence-corrected chi connectivity index (χ4v) is 2.36. The average Bonchev–Trinajstić information content (AvgIpc) is 2.57. The maximum absolute atomic E-state index is 12.2. The molecule has 0 N–H and O–H groups in total. The second-order valence-corrected chi connectivity index (χ2v) is 4.57. The molecule has 0 bridgehead atoms. The quantitative estimate of drug-likeness (QED) is 0.451. The average molecular weight is 330 g/mol. The van der Waals surface area contributed by atoms with Crippen LogP contribution >= 0.6 is 0 Å². The third-order valence-corrected chi connectivity index (χ3v) is 3.43. The van der Waals surface area contributed by atoms with Crippen LogP contribution < -0.4 is 0 Å². The molecule has 0 radical (unpaired) electrons. The first-order chi connectivity index (χ1) is 10.8. The first-order valence-corrected chi connectivity index (χ1v) is 6.47. The number of carbonyl (C=O) groups excluding carboxylic acids is 4. The smallest absolute Gasteiger partial charge is 0.355 e.